The molecule has 0 heterocycles. The van der Waals surface area contributed by atoms with Crippen molar-refractivity contribution in [2.75, 3.05) is 46.1 Å². The number of phenols is 2. The standard InChI is InChI=1S/C32H31N5O14S4/c1-44-48-50-52-24-13-19-6-8-22(16-25(19)30(18-24)55(42,43)47-4)34-35-23-9-10-28(38)27(17-23)36-37-31-29(53-51-49-45-2)14-20-5-7-21(15-26(20)32(31)39)33-11-12-54(40,41)46-3/h5-10,13-18,33,38-39H,11-12H2,1-4H3. The van der Waals surface area contributed by atoms with Crippen molar-refractivity contribution in [3.8, 4) is 11.5 Å². The minimum atomic E-state index is -4.17. The number of hydrogen-bond acceptors (Lipinski definition) is 21. The highest BCUT2D eigenvalue weighted by molar-refractivity contribution is 7.95. The zero-order valence-corrected chi connectivity index (χ0v) is 32.3. The summed E-state index contributed by atoms with van der Waals surface area (Å²) in [5.74, 6) is -0.880. The van der Waals surface area contributed by atoms with Crippen molar-refractivity contribution in [3.05, 3.63) is 72.8 Å². The first-order valence-corrected chi connectivity index (χ1v) is 19.8. The van der Waals surface area contributed by atoms with Crippen molar-refractivity contribution in [2.45, 2.75) is 14.7 Å². The van der Waals surface area contributed by atoms with Gasteiger partial charge in [0.2, 0.25) is 0 Å². The molecule has 5 aromatic rings. The molecule has 292 valence electrons. The van der Waals surface area contributed by atoms with Crippen molar-refractivity contribution in [1.82, 2.24) is 0 Å². The van der Waals surface area contributed by atoms with Gasteiger partial charge in [-0.3, -0.25) is 8.37 Å². The minimum Gasteiger partial charge on any atom is -0.506 e. The molecule has 5 aromatic carbocycles. The Morgan fingerprint density at radius 3 is 2.07 bits per heavy atom. The third-order valence-corrected chi connectivity index (χ3v) is 11.0. The van der Waals surface area contributed by atoms with Gasteiger partial charge in [-0.25, -0.2) is 9.78 Å². The van der Waals surface area contributed by atoms with Gasteiger partial charge in [-0.05, 0) is 71.4 Å². The molecule has 5 rings (SSSR count). The van der Waals surface area contributed by atoms with Crippen LogP contribution in [0.15, 0.2) is 108 Å². The zero-order valence-electron chi connectivity index (χ0n) is 29.1. The van der Waals surface area contributed by atoms with Crippen LogP contribution in [-0.2, 0) is 57.1 Å². The van der Waals surface area contributed by atoms with Gasteiger partial charge in [0.1, 0.15) is 22.0 Å². The minimum absolute atomic E-state index is 0.0392. The lowest BCUT2D eigenvalue weighted by Gasteiger charge is -2.12. The van der Waals surface area contributed by atoms with Gasteiger partial charge in [0.25, 0.3) is 20.2 Å². The average Bonchev–Trinajstić information content (AvgIpc) is 3.17. The van der Waals surface area contributed by atoms with E-state index in [0.717, 1.165) is 26.3 Å². The van der Waals surface area contributed by atoms with Crippen LogP contribution in [0.5, 0.6) is 11.5 Å². The van der Waals surface area contributed by atoms with Gasteiger partial charge in [0.05, 0.1) is 74.5 Å². The molecule has 23 heteroatoms. The molecule has 0 saturated heterocycles. The molecule has 19 nitrogen and oxygen atoms in total. The number of hydrogen-bond donors (Lipinski definition) is 3. The van der Waals surface area contributed by atoms with Gasteiger partial charge in [-0.15, -0.1) is 18.9 Å². The summed E-state index contributed by atoms with van der Waals surface area (Å²) in [6.07, 6.45) is 0. The summed E-state index contributed by atoms with van der Waals surface area (Å²) < 4.78 is 68.0. The van der Waals surface area contributed by atoms with Crippen molar-refractivity contribution in [2.24, 2.45) is 20.5 Å². The molecular weight excluding hydrogens is 807 g/mol. The summed E-state index contributed by atoms with van der Waals surface area (Å²) >= 11 is 1.39. The highest BCUT2D eigenvalue weighted by Crippen LogP contribution is 2.45. The first kappa shape index (κ1) is 41.7. The maximum atomic E-state index is 12.8. The first-order chi connectivity index (χ1) is 26.4. The number of azo groups is 2. The first-order valence-electron chi connectivity index (χ1n) is 15.3. The molecule has 0 amide bonds. The zero-order chi connectivity index (χ0) is 39.6. The molecular formula is C32H31N5O14S4. The van der Waals surface area contributed by atoms with Crippen LogP contribution < -0.4 is 5.32 Å². The Bertz CT molecular complexity index is 2450. The average molecular weight is 838 g/mol. The Morgan fingerprint density at radius 2 is 1.36 bits per heavy atom. The van der Waals surface area contributed by atoms with E-state index in [4.69, 9.17) is 12.9 Å². The van der Waals surface area contributed by atoms with E-state index in [2.05, 4.69) is 49.8 Å². The molecule has 0 saturated carbocycles. The summed E-state index contributed by atoms with van der Waals surface area (Å²) in [6.45, 7) is 0.0392. The van der Waals surface area contributed by atoms with Crippen molar-refractivity contribution in [1.29, 1.82) is 0 Å². The second-order valence-corrected chi connectivity index (χ2v) is 15.7. The summed E-state index contributed by atoms with van der Waals surface area (Å²) in [6, 6.07) is 18.5. The predicted molar refractivity (Wildman–Crippen MR) is 200 cm³/mol. The molecule has 0 atom stereocenters. The van der Waals surface area contributed by atoms with Crippen LogP contribution in [0.4, 0.5) is 28.4 Å². The van der Waals surface area contributed by atoms with Gasteiger partial charge in [0, 0.05) is 27.9 Å². The highest BCUT2D eigenvalue weighted by atomic mass is 32.2. The molecule has 0 bridgehead atoms. The van der Waals surface area contributed by atoms with E-state index < -0.39 is 20.2 Å². The van der Waals surface area contributed by atoms with Crippen molar-refractivity contribution >= 4 is 94.3 Å². The summed E-state index contributed by atoms with van der Waals surface area (Å²) in [7, 11) is -3.27. The molecule has 0 fully saturated rings. The van der Waals surface area contributed by atoms with Crippen LogP contribution >= 0.6 is 24.1 Å². The monoisotopic (exact) mass is 837 g/mol. The highest BCUT2D eigenvalue weighted by Gasteiger charge is 2.20. The fourth-order valence-corrected chi connectivity index (χ4v) is 7.28. The van der Waals surface area contributed by atoms with Gasteiger partial charge in [0.15, 0.2) is 5.75 Å². The van der Waals surface area contributed by atoms with Crippen LogP contribution in [0.1, 0.15) is 0 Å². The molecule has 55 heavy (non-hydrogen) atoms. The van der Waals surface area contributed by atoms with E-state index in [0.29, 0.717) is 44.2 Å². The maximum absolute atomic E-state index is 12.8. The SMILES string of the molecule is COOOSc1cc(S(=O)(=O)OC)c2cc(N=Nc3ccc(O)c(N=Nc4c(SOOOC)cc5ccc(NCCS(=O)(=O)OC)cc5c4O)c3)ccc2c1. The van der Waals surface area contributed by atoms with E-state index in [-0.39, 0.29) is 56.3 Å². The van der Waals surface area contributed by atoms with Crippen molar-refractivity contribution < 1.29 is 63.9 Å². The van der Waals surface area contributed by atoms with Crippen molar-refractivity contribution in [3.63, 3.8) is 0 Å². The lowest BCUT2D eigenvalue weighted by molar-refractivity contribution is -0.447. The number of aromatic hydroxyl groups is 2. The molecule has 0 aromatic heterocycles. The van der Waals surface area contributed by atoms with E-state index in [1.165, 1.54) is 44.6 Å². The largest absolute Gasteiger partial charge is 0.506 e. The van der Waals surface area contributed by atoms with Crippen LogP contribution in [0.2, 0.25) is 0 Å². The second-order valence-electron chi connectivity index (χ2n) is 10.7. The number of nitrogens with one attached hydrogen (secondary N) is 1. The number of nitrogens with zero attached hydrogens (tertiary/aromatic N) is 4. The normalized spacial score (nSPS) is 12.4. The van der Waals surface area contributed by atoms with E-state index >= 15 is 0 Å². The quantitative estimate of drug-likeness (QED) is 0.0178. The smallest absolute Gasteiger partial charge is 0.297 e. The molecule has 0 aliphatic heterocycles. The third-order valence-electron chi connectivity index (χ3n) is 7.29. The van der Waals surface area contributed by atoms with Gasteiger partial charge in [-0.1, -0.05) is 22.2 Å². The lowest BCUT2D eigenvalue weighted by atomic mass is 10.1. The summed E-state index contributed by atoms with van der Waals surface area (Å²) in [4.78, 5) is 9.33. The number of rotatable bonds is 19. The summed E-state index contributed by atoms with van der Waals surface area (Å²) in [5, 5.41) is 52.3. The molecule has 0 aliphatic carbocycles. The van der Waals surface area contributed by atoms with Crippen LogP contribution in [0.25, 0.3) is 21.5 Å². The van der Waals surface area contributed by atoms with E-state index in [1.54, 1.807) is 42.5 Å². The molecule has 0 radical (unpaired) electrons. The van der Waals surface area contributed by atoms with Gasteiger partial charge < -0.3 is 15.5 Å². The Morgan fingerprint density at radius 1 is 0.691 bits per heavy atom. The number of phenolic OH excluding ortho intramolecular Hbond substituents is 2. The van der Waals surface area contributed by atoms with Crippen LogP contribution in [0.3, 0.4) is 0 Å². The molecule has 3 N–H and O–H groups in total. The topological polar surface area (TPSA) is 244 Å². The molecule has 0 aliphatic rings. The number of fused-ring (bicyclic) bond motifs is 2. The summed E-state index contributed by atoms with van der Waals surface area (Å²) in [5.41, 5.74) is 0.902. The fraction of sp³-hybridized carbons (Fsp3) is 0.188. The maximum Gasteiger partial charge on any atom is 0.297 e. The second kappa shape index (κ2) is 18.9. The van der Waals surface area contributed by atoms with Gasteiger partial charge in [-0.2, -0.15) is 27.1 Å². The van der Waals surface area contributed by atoms with Crippen LogP contribution in [0, 0.1) is 0 Å². The fourth-order valence-electron chi connectivity index (χ4n) is 4.74. The molecule has 0 unspecified atom stereocenters. The third kappa shape index (κ3) is 10.8. The Kier molecular flexibility index (Phi) is 14.3. The number of benzene rings is 5. The van der Waals surface area contributed by atoms with E-state index in [9.17, 15) is 27.0 Å². The Hall–Kier alpha value is -4.50. The van der Waals surface area contributed by atoms with E-state index in [1.807, 2.05) is 0 Å². The Labute approximate surface area is 322 Å². The lowest BCUT2D eigenvalue weighted by Crippen LogP contribution is -2.16. The number of anilines is 1. The predicted octanol–water partition coefficient (Wildman–Crippen LogP) is 7.99. The van der Waals surface area contributed by atoms with Crippen LogP contribution in [-0.4, -0.2) is 67.8 Å². The van der Waals surface area contributed by atoms with Gasteiger partial charge >= 0.3 is 0 Å². The Balaban J connectivity index is 1.45. The molecule has 0 spiro atoms.